The Morgan fingerprint density at radius 1 is 1.10 bits per heavy atom. The lowest BCUT2D eigenvalue weighted by Gasteiger charge is -2.39. The van der Waals surface area contributed by atoms with Crippen LogP contribution in [0.1, 0.15) is 59.3 Å². The second-order valence-electron chi connectivity index (χ2n) is 8.18. The van der Waals surface area contributed by atoms with Crippen LogP contribution in [0, 0.1) is 11.3 Å². The summed E-state index contributed by atoms with van der Waals surface area (Å²) in [5, 5.41) is 3.76. The molecule has 3 unspecified atom stereocenters. The number of rotatable bonds is 5. The van der Waals surface area contributed by atoms with Crippen LogP contribution in [0.15, 0.2) is 0 Å². The standard InChI is InChI=1S/C17H31NO2/c1-16(2,3)18-12-17(11-14-5-4-9-19-14)8-10-20-15(17)13-6-7-13/h13-15,18H,4-12H2,1-3H3. The van der Waals surface area contributed by atoms with Crippen LogP contribution in [0.4, 0.5) is 0 Å². The van der Waals surface area contributed by atoms with E-state index in [4.69, 9.17) is 9.47 Å². The number of hydrogen-bond acceptors (Lipinski definition) is 3. The number of ether oxygens (including phenoxy) is 2. The molecule has 0 aromatic rings. The van der Waals surface area contributed by atoms with Crippen molar-refractivity contribution < 1.29 is 9.47 Å². The second-order valence-corrected chi connectivity index (χ2v) is 8.18. The smallest absolute Gasteiger partial charge is 0.0673 e. The van der Waals surface area contributed by atoms with Gasteiger partial charge in [0, 0.05) is 30.7 Å². The van der Waals surface area contributed by atoms with Crippen molar-refractivity contribution in [2.24, 2.45) is 11.3 Å². The molecule has 1 saturated carbocycles. The minimum Gasteiger partial charge on any atom is -0.378 e. The van der Waals surface area contributed by atoms with E-state index in [2.05, 4.69) is 26.1 Å². The summed E-state index contributed by atoms with van der Waals surface area (Å²) in [4.78, 5) is 0. The van der Waals surface area contributed by atoms with Gasteiger partial charge >= 0.3 is 0 Å². The fraction of sp³-hybridized carbons (Fsp3) is 1.00. The lowest BCUT2D eigenvalue weighted by Crippen LogP contribution is -2.49. The summed E-state index contributed by atoms with van der Waals surface area (Å²) in [6, 6.07) is 0. The van der Waals surface area contributed by atoms with E-state index in [0.29, 0.717) is 17.6 Å². The average Bonchev–Trinajstić information content (AvgIpc) is 2.93. The molecule has 0 amide bonds. The Labute approximate surface area is 123 Å². The largest absolute Gasteiger partial charge is 0.378 e. The van der Waals surface area contributed by atoms with Gasteiger partial charge in [-0.25, -0.2) is 0 Å². The van der Waals surface area contributed by atoms with Crippen LogP contribution in [0.2, 0.25) is 0 Å². The molecular weight excluding hydrogens is 250 g/mol. The van der Waals surface area contributed by atoms with E-state index in [-0.39, 0.29) is 5.54 Å². The molecule has 0 bridgehead atoms. The van der Waals surface area contributed by atoms with Crippen molar-refractivity contribution in [3.63, 3.8) is 0 Å². The molecule has 2 heterocycles. The van der Waals surface area contributed by atoms with Crippen LogP contribution in [0.25, 0.3) is 0 Å². The molecule has 0 aromatic carbocycles. The maximum absolute atomic E-state index is 6.17. The first-order chi connectivity index (χ1) is 9.49. The van der Waals surface area contributed by atoms with Gasteiger partial charge in [0.15, 0.2) is 0 Å². The maximum Gasteiger partial charge on any atom is 0.0673 e. The molecular formula is C17H31NO2. The van der Waals surface area contributed by atoms with Crippen LogP contribution < -0.4 is 5.32 Å². The Balaban J connectivity index is 1.70. The highest BCUT2D eigenvalue weighted by atomic mass is 16.5. The highest BCUT2D eigenvalue weighted by molar-refractivity contribution is 5.02. The van der Waals surface area contributed by atoms with E-state index >= 15 is 0 Å². The molecule has 2 aliphatic heterocycles. The monoisotopic (exact) mass is 281 g/mol. The normalized spacial score (nSPS) is 38.5. The summed E-state index contributed by atoms with van der Waals surface area (Å²) < 4.78 is 12.1. The third-order valence-electron chi connectivity index (χ3n) is 5.18. The topological polar surface area (TPSA) is 30.5 Å². The third-order valence-corrected chi connectivity index (χ3v) is 5.18. The van der Waals surface area contributed by atoms with Gasteiger partial charge in [-0.05, 0) is 65.2 Å². The van der Waals surface area contributed by atoms with Gasteiger partial charge in [0.05, 0.1) is 12.2 Å². The van der Waals surface area contributed by atoms with Crippen molar-refractivity contribution in [1.29, 1.82) is 0 Å². The minimum atomic E-state index is 0.181. The molecule has 3 rings (SSSR count). The summed E-state index contributed by atoms with van der Waals surface area (Å²) in [6.07, 6.45) is 8.56. The Morgan fingerprint density at radius 3 is 2.50 bits per heavy atom. The quantitative estimate of drug-likeness (QED) is 0.840. The van der Waals surface area contributed by atoms with Crippen molar-refractivity contribution in [3.8, 4) is 0 Å². The van der Waals surface area contributed by atoms with Gasteiger partial charge < -0.3 is 14.8 Å². The van der Waals surface area contributed by atoms with Gasteiger partial charge in [0.2, 0.25) is 0 Å². The van der Waals surface area contributed by atoms with E-state index in [1.165, 1.54) is 38.5 Å². The first-order valence-electron chi connectivity index (χ1n) is 8.47. The zero-order chi connectivity index (χ0) is 14.2. The molecule has 1 aliphatic carbocycles. The zero-order valence-corrected chi connectivity index (χ0v) is 13.4. The number of nitrogens with one attached hydrogen (secondary N) is 1. The van der Waals surface area contributed by atoms with Crippen molar-refractivity contribution in [2.45, 2.75) is 77.0 Å². The van der Waals surface area contributed by atoms with Gasteiger partial charge in [-0.15, -0.1) is 0 Å². The Hall–Kier alpha value is -0.120. The van der Waals surface area contributed by atoms with E-state index in [1.807, 2.05) is 0 Å². The molecule has 2 saturated heterocycles. The SMILES string of the molecule is CC(C)(C)NCC1(CC2CCCO2)CCOC1C1CC1. The van der Waals surface area contributed by atoms with Crippen molar-refractivity contribution in [1.82, 2.24) is 5.32 Å². The Bertz CT molecular complexity index is 328. The predicted molar refractivity (Wildman–Crippen MR) is 80.9 cm³/mol. The van der Waals surface area contributed by atoms with Crippen LogP contribution in [-0.2, 0) is 9.47 Å². The molecule has 20 heavy (non-hydrogen) atoms. The molecule has 3 atom stereocenters. The maximum atomic E-state index is 6.17. The molecule has 0 aromatic heterocycles. The van der Waals surface area contributed by atoms with E-state index < -0.39 is 0 Å². The first-order valence-corrected chi connectivity index (χ1v) is 8.47. The molecule has 1 N–H and O–H groups in total. The average molecular weight is 281 g/mol. The van der Waals surface area contributed by atoms with Gasteiger partial charge in [0.1, 0.15) is 0 Å². The summed E-state index contributed by atoms with van der Waals surface area (Å²) in [6.45, 7) is 9.76. The van der Waals surface area contributed by atoms with Crippen molar-refractivity contribution >= 4 is 0 Å². The Morgan fingerprint density at radius 2 is 1.90 bits per heavy atom. The van der Waals surface area contributed by atoms with Crippen molar-refractivity contribution in [3.05, 3.63) is 0 Å². The predicted octanol–water partition coefficient (Wildman–Crippen LogP) is 3.13. The van der Waals surface area contributed by atoms with Gasteiger partial charge in [-0.3, -0.25) is 0 Å². The molecule has 3 aliphatic rings. The molecule has 3 nitrogen and oxygen atoms in total. The van der Waals surface area contributed by atoms with E-state index in [9.17, 15) is 0 Å². The summed E-state index contributed by atoms with van der Waals surface area (Å²) in [5.74, 6) is 0.820. The Kier molecular flexibility index (Phi) is 4.13. The molecule has 0 radical (unpaired) electrons. The number of hydrogen-bond donors (Lipinski definition) is 1. The molecule has 3 heteroatoms. The highest BCUT2D eigenvalue weighted by Crippen LogP contribution is 2.50. The van der Waals surface area contributed by atoms with Crippen LogP contribution >= 0.6 is 0 Å². The summed E-state index contributed by atoms with van der Waals surface area (Å²) >= 11 is 0. The molecule has 0 spiro atoms. The van der Waals surface area contributed by atoms with Gasteiger partial charge in [-0.1, -0.05) is 0 Å². The molecule has 116 valence electrons. The fourth-order valence-corrected chi connectivity index (χ4v) is 3.92. The lowest BCUT2D eigenvalue weighted by molar-refractivity contribution is -0.00777. The highest BCUT2D eigenvalue weighted by Gasteiger charge is 2.52. The molecule has 3 fully saturated rings. The minimum absolute atomic E-state index is 0.181. The zero-order valence-electron chi connectivity index (χ0n) is 13.4. The van der Waals surface area contributed by atoms with Crippen LogP contribution in [0.5, 0.6) is 0 Å². The van der Waals surface area contributed by atoms with Crippen LogP contribution in [-0.4, -0.2) is 37.5 Å². The van der Waals surface area contributed by atoms with Gasteiger partial charge in [-0.2, -0.15) is 0 Å². The summed E-state index contributed by atoms with van der Waals surface area (Å²) in [5.41, 5.74) is 0.490. The van der Waals surface area contributed by atoms with E-state index in [1.54, 1.807) is 0 Å². The van der Waals surface area contributed by atoms with Crippen molar-refractivity contribution in [2.75, 3.05) is 19.8 Å². The van der Waals surface area contributed by atoms with E-state index in [0.717, 1.165) is 25.7 Å². The lowest BCUT2D eigenvalue weighted by atomic mass is 9.73. The first kappa shape index (κ1) is 14.8. The third kappa shape index (κ3) is 3.37. The second kappa shape index (κ2) is 5.58. The fourth-order valence-electron chi connectivity index (χ4n) is 3.92. The summed E-state index contributed by atoms with van der Waals surface area (Å²) in [7, 11) is 0. The van der Waals surface area contributed by atoms with Crippen LogP contribution in [0.3, 0.4) is 0 Å². The van der Waals surface area contributed by atoms with Gasteiger partial charge in [0.25, 0.3) is 0 Å².